The van der Waals surface area contributed by atoms with Crippen LogP contribution in [0.3, 0.4) is 0 Å². The molecule has 2 rings (SSSR count). The molecule has 1 aromatic carbocycles. The quantitative estimate of drug-likeness (QED) is 0.833. The van der Waals surface area contributed by atoms with Crippen LogP contribution in [0.4, 0.5) is 8.78 Å². The number of alkyl halides is 2. The lowest BCUT2D eigenvalue weighted by Crippen LogP contribution is -2.24. The molecule has 0 amide bonds. The van der Waals surface area contributed by atoms with Crippen molar-refractivity contribution in [3.63, 3.8) is 0 Å². The van der Waals surface area contributed by atoms with Crippen molar-refractivity contribution in [3.05, 3.63) is 29.8 Å². The summed E-state index contributed by atoms with van der Waals surface area (Å²) in [7, 11) is 0. The predicted octanol–water partition coefficient (Wildman–Crippen LogP) is 2.32. The second kappa shape index (κ2) is 3.77. The van der Waals surface area contributed by atoms with E-state index >= 15 is 0 Å². The Bertz CT molecular complexity index is 350. The zero-order valence-corrected chi connectivity index (χ0v) is 8.25. The maximum Gasteiger partial charge on any atom is 0.387 e. The summed E-state index contributed by atoms with van der Waals surface area (Å²) in [6.07, 6.45) is 2.52. The van der Waals surface area contributed by atoms with E-state index in [-0.39, 0.29) is 11.3 Å². The minimum atomic E-state index is -2.78. The lowest BCUT2D eigenvalue weighted by Gasteiger charge is -2.13. The third kappa shape index (κ3) is 2.65. The number of rotatable bonds is 4. The molecule has 2 N–H and O–H groups in total. The number of hydrogen-bond acceptors (Lipinski definition) is 2. The minimum absolute atomic E-state index is 0.193. The van der Waals surface area contributed by atoms with Crippen molar-refractivity contribution in [2.75, 3.05) is 0 Å². The lowest BCUT2D eigenvalue weighted by molar-refractivity contribution is -0.0505. The maximum atomic E-state index is 12.1. The molecular weight excluding hydrogens is 200 g/mol. The van der Waals surface area contributed by atoms with E-state index in [4.69, 9.17) is 5.73 Å². The van der Waals surface area contributed by atoms with Gasteiger partial charge in [-0.15, -0.1) is 0 Å². The fourth-order valence-electron chi connectivity index (χ4n) is 1.58. The smallest absolute Gasteiger partial charge is 0.387 e. The molecule has 0 aliphatic heterocycles. The third-order valence-corrected chi connectivity index (χ3v) is 2.62. The van der Waals surface area contributed by atoms with Crippen molar-refractivity contribution in [3.8, 4) is 5.75 Å². The number of para-hydroxylation sites is 1. The topological polar surface area (TPSA) is 35.2 Å². The van der Waals surface area contributed by atoms with Gasteiger partial charge in [0.15, 0.2) is 0 Å². The number of nitrogens with two attached hydrogens (primary N) is 1. The summed E-state index contributed by atoms with van der Waals surface area (Å²) in [4.78, 5) is 0. The van der Waals surface area contributed by atoms with Crippen LogP contribution in [-0.2, 0) is 6.42 Å². The van der Waals surface area contributed by atoms with Crippen LogP contribution in [0, 0.1) is 0 Å². The standard InChI is InChI=1S/C11H13F2NO/c12-10(13)15-9-4-2-1-3-8(9)7-11(14)5-6-11/h1-4,10H,5-7,14H2. The van der Waals surface area contributed by atoms with E-state index in [2.05, 4.69) is 4.74 Å². The van der Waals surface area contributed by atoms with Crippen LogP contribution in [0.15, 0.2) is 24.3 Å². The van der Waals surface area contributed by atoms with Gasteiger partial charge in [0.25, 0.3) is 0 Å². The Hall–Kier alpha value is -1.16. The zero-order valence-electron chi connectivity index (χ0n) is 8.25. The van der Waals surface area contributed by atoms with E-state index in [0.29, 0.717) is 6.42 Å². The summed E-state index contributed by atoms with van der Waals surface area (Å²) in [6, 6.07) is 6.81. The molecule has 0 saturated heterocycles. The Morgan fingerprint density at radius 1 is 1.33 bits per heavy atom. The van der Waals surface area contributed by atoms with Crippen LogP contribution < -0.4 is 10.5 Å². The molecule has 0 unspecified atom stereocenters. The van der Waals surface area contributed by atoms with Gasteiger partial charge in [0.1, 0.15) is 5.75 Å². The van der Waals surface area contributed by atoms with Gasteiger partial charge >= 0.3 is 6.61 Å². The van der Waals surface area contributed by atoms with Crippen molar-refractivity contribution in [2.24, 2.45) is 5.73 Å². The van der Waals surface area contributed by atoms with Gasteiger partial charge in [-0.05, 0) is 30.9 Å². The van der Waals surface area contributed by atoms with Crippen LogP contribution in [0.1, 0.15) is 18.4 Å². The summed E-state index contributed by atoms with van der Waals surface area (Å²) < 4.78 is 28.6. The average molecular weight is 213 g/mol. The van der Waals surface area contributed by atoms with Crippen LogP contribution in [-0.4, -0.2) is 12.2 Å². The van der Waals surface area contributed by atoms with Crippen molar-refractivity contribution >= 4 is 0 Å². The van der Waals surface area contributed by atoms with Gasteiger partial charge in [-0.2, -0.15) is 8.78 Å². The Kier molecular flexibility index (Phi) is 2.61. The Morgan fingerprint density at radius 3 is 2.60 bits per heavy atom. The summed E-state index contributed by atoms with van der Waals surface area (Å²) >= 11 is 0. The maximum absolute atomic E-state index is 12.1. The normalized spacial score (nSPS) is 17.9. The molecule has 0 atom stereocenters. The first-order valence-corrected chi connectivity index (χ1v) is 4.91. The molecular formula is C11H13F2NO. The Balaban J connectivity index is 2.14. The molecule has 0 heterocycles. The molecule has 4 heteroatoms. The first-order chi connectivity index (χ1) is 7.09. The average Bonchev–Trinajstić information content (AvgIpc) is 2.86. The summed E-state index contributed by atoms with van der Waals surface area (Å²) in [5.74, 6) is 0.240. The third-order valence-electron chi connectivity index (χ3n) is 2.62. The van der Waals surface area contributed by atoms with Gasteiger partial charge in [0, 0.05) is 5.54 Å². The molecule has 2 nitrogen and oxygen atoms in total. The highest BCUT2D eigenvalue weighted by Gasteiger charge is 2.38. The van der Waals surface area contributed by atoms with Crippen LogP contribution in [0.2, 0.25) is 0 Å². The van der Waals surface area contributed by atoms with Gasteiger partial charge in [-0.3, -0.25) is 0 Å². The predicted molar refractivity (Wildman–Crippen MR) is 52.9 cm³/mol. The van der Waals surface area contributed by atoms with E-state index in [0.717, 1.165) is 18.4 Å². The van der Waals surface area contributed by atoms with Crippen LogP contribution in [0.25, 0.3) is 0 Å². The molecule has 0 spiro atoms. The van der Waals surface area contributed by atoms with E-state index in [1.807, 2.05) is 0 Å². The summed E-state index contributed by atoms with van der Waals surface area (Å²) in [5, 5.41) is 0. The minimum Gasteiger partial charge on any atom is -0.435 e. The van der Waals surface area contributed by atoms with Crippen LogP contribution in [0.5, 0.6) is 5.75 Å². The molecule has 82 valence electrons. The van der Waals surface area contributed by atoms with E-state index in [1.165, 1.54) is 0 Å². The van der Waals surface area contributed by atoms with Crippen molar-refractivity contribution in [2.45, 2.75) is 31.4 Å². The monoisotopic (exact) mass is 213 g/mol. The highest BCUT2D eigenvalue weighted by atomic mass is 19.3. The second-order valence-electron chi connectivity index (χ2n) is 4.03. The van der Waals surface area contributed by atoms with E-state index in [1.54, 1.807) is 24.3 Å². The molecule has 1 fully saturated rings. The summed E-state index contributed by atoms with van der Waals surface area (Å²) in [6.45, 7) is -2.78. The largest absolute Gasteiger partial charge is 0.435 e. The highest BCUT2D eigenvalue weighted by molar-refractivity contribution is 5.35. The molecule has 0 aromatic heterocycles. The molecule has 1 saturated carbocycles. The molecule has 0 bridgehead atoms. The van der Waals surface area contributed by atoms with E-state index in [9.17, 15) is 8.78 Å². The van der Waals surface area contributed by atoms with Gasteiger partial charge in [0.05, 0.1) is 0 Å². The highest BCUT2D eigenvalue weighted by Crippen LogP contribution is 2.37. The van der Waals surface area contributed by atoms with Crippen molar-refractivity contribution in [1.82, 2.24) is 0 Å². The Morgan fingerprint density at radius 2 is 2.00 bits per heavy atom. The Labute approximate surface area is 87.0 Å². The number of hydrogen-bond donors (Lipinski definition) is 1. The fourth-order valence-corrected chi connectivity index (χ4v) is 1.58. The number of halogens is 2. The van der Waals surface area contributed by atoms with Gasteiger partial charge < -0.3 is 10.5 Å². The summed E-state index contributed by atoms with van der Waals surface area (Å²) in [5.41, 5.74) is 6.50. The van der Waals surface area contributed by atoms with Crippen molar-refractivity contribution in [1.29, 1.82) is 0 Å². The molecule has 0 radical (unpaired) electrons. The molecule has 1 aromatic rings. The number of benzene rings is 1. The van der Waals surface area contributed by atoms with Crippen LogP contribution >= 0.6 is 0 Å². The van der Waals surface area contributed by atoms with Gasteiger partial charge in [0.2, 0.25) is 0 Å². The molecule has 1 aliphatic carbocycles. The molecule has 1 aliphatic rings. The fraction of sp³-hybridized carbons (Fsp3) is 0.455. The molecule has 15 heavy (non-hydrogen) atoms. The van der Waals surface area contributed by atoms with E-state index < -0.39 is 6.61 Å². The van der Waals surface area contributed by atoms with Gasteiger partial charge in [-0.25, -0.2) is 0 Å². The first kappa shape index (κ1) is 10.4. The van der Waals surface area contributed by atoms with Crippen molar-refractivity contribution < 1.29 is 13.5 Å². The van der Waals surface area contributed by atoms with Gasteiger partial charge in [-0.1, -0.05) is 18.2 Å². The second-order valence-corrected chi connectivity index (χ2v) is 4.03. The SMILES string of the molecule is NC1(Cc2ccccc2OC(F)F)CC1. The zero-order chi connectivity index (χ0) is 10.9. The number of ether oxygens (including phenoxy) is 1. The first-order valence-electron chi connectivity index (χ1n) is 4.91. The lowest BCUT2D eigenvalue weighted by atomic mass is 10.0.